The molecule has 3 aromatic rings. The van der Waals surface area contributed by atoms with Gasteiger partial charge in [-0.05, 0) is 81.2 Å². The lowest BCUT2D eigenvalue weighted by atomic mass is 9.99. The smallest absolute Gasteiger partial charge is 0.210 e. The van der Waals surface area contributed by atoms with Gasteiger partial charge in [0.2, 0.25) is 9.84 Å². The minimum atomic E-state index is -3.94. The van der Waals surface area contributed by atoms with Crippen LogP contribution in [0.5, 0.6) is 0 Å². The molecule has 0 spiro atoms. The fourth-order valence-electron chi connectivity index (χ4n) is 5.23. The zero-order valence-electron chi connectivity index (χ0n) is 19.0. The normalized spacial score (nSPS) is 18.2. The van der Waals surface area contributed by atoms with Crippen LogP contribution in [0.25, 0.3) is 10.9 Å². The first-order valence-electron chi connectivity index (χ1n) is 11.8. The van der Waals surface area contributed by atoms with Crippen LogP contribution < -0.4 is 4.90 Å². The van der Waals surface area contributed by atoms with Crippen molar-refractivity contribution in [3.8, 4) is 6.07 Å². The lowest BCUT2D eigenvalue weighted by Crippen LogP contribution is -2.47. The molecule has 2 aliphatic heterocycles. The lowest BCUT2D eigenvalue weighted by Gasteiger charge is -2.41. The number of anilines is 1. The summed E-state index contributed by atoms with van der Waals surface area (Å²) in [5.74, 6) is -0.491. The summed E-state index contributed by atoms with van der Waals surface area (Å²) in [5.41, 5.74) is 1.68. The first kappa shape index (κ1) is 22.8. The van der Waals surface area contributed by atoms with Crippen LogP contribution in [-0.4, -0.2) is 50.5 Å². The summed E-state index contributed by atoms with van der Waals surface area (Å²) in [7, 11) is -3.94. The number of hydrogen-bond donors (Lipinski definition) is 0. The van der Waals surface area contributed by atoms with Gasteiger partial charge in [-0.25, -0.2) is 12.8 Å². The van der Waals surface area contributed by atoms with Crippen molar-refractivity contribution in [1.82, 2.24) is 9.88 Å². The Kier molecular flexibility index (Phi) is 6.24. The first-order chi connectivity index (χ1) is 16.5. The molecule has 2 aromatic carbocycles. The number of likely N-dealkylation sites (tertiary alicyclic amines) is 1. The third-order valence-corrected chi connectivity index (χ3v) is 8.81. The van der Waals surface area contributed by atoms with Crippen LogP contribution >= 0.6 is 0 Å². The zero-order chi connectivity index (χ0) is 23.7. The minimum absolute atomic E-state index is 0.0240. The molecule has 0 atom stereocenters. The van der Waals surface area contributed by atoms with Crippen LogP contribution in [0.3, 0.4) is 0 Å². The summed E-state index contributed by atoms with van der Waals surface area (Å²) in [6.07, 6.45) is 7.09. The third-order valence-electron chi connectivity index (χ3n) is 7.04. The van der Waals surface area contributed by atoms with E-state index < -0.39 is 15.7 Å². The van der Waals surface area contributed by atoms with Gasteiger partial charge in [0.15, 0.2) is 0 Å². The molecule has 0 bridgehead atoms. The number of halogens is 1. The van der Waals surface area contributed by atoms with Gasteiger partial charge in [-0.1, -0.05) is 6.42 Å². The molecule has 0 unspecified atom stereocenters. The Morgan fingerprint density at radius 1 is 0.971 bits per heavy atom. The van der Waals surface area contributed by atoms with Gasteiger partial charge in [-0.3, -0.25) is 4.98 Å². The highest BCUT2D eigenvalue weighted by Crippen LogP contribution is 2.38. The molecule has 2 aliphatic rings. The predicted octanol–water partition coefficient (Wildman–Crippen LogP) is 4.53. The summed E-state index contributed by atoms with van der Waals surface area (Å²) >= 11 is 0. The molecule has 2 saturated heterocycles. The number of pyridine rings is 1. The van der Waals surface area contributed by atoms with E-state index in [1.165, 1.54) is 37.6 Å². The maximum absolute atomic E-state index is 13.7. The number of nitriles is 1. The highest BCUT2D eigenvalue weighted by Gasteiger charge is 2.31. The Morgan fingerprint density at radius 3 is 2.35 bits per heavy atom. The van der Waals surface area contributed by atoms with Gasteiger partial charge >= 0.3 is 0 Å². The Bertz CT molecular complexity index is 1340. The highest BCUT2D eigenvalue weighted by molar-refractivity contribution is 7.91. The van der Waals surface area contributed by atoms with Crippen LogP contribution in [0.4, 0.5) is 10.1 Å². The predicted molar refractivity (Wildman–Crippen MR) is 129 cm³/mol. The molecule has 2 fully saturated rings. The topological polar surface area (TPSA) is 77.3 Å². The fraction of sp³-hybridized carbons (Fsp3) is 0.385. The number of aromatic nitrogens is 1. The second-order valence-electron chi connectivity index (χ2n) is 9.09. The average Bonchev–Trinajstić information content (AvgIpc) is 2.88. The molecule has 0 N–H and O–H groups in total. The van der Waals surface area contributed by atoms with Crippen molar-refractivity contribution in [3.05, 3.63) is 60.0 Å². The van der Waals surface area contributed by atoms with E-state index in [-0.39, 0.29) is 9.79 Å². The van der Waals surface area contributed by atoms with E-state index in [4.69, 9.17) is 0 Å². The average molecular weight is 479 g/mol. The number of piperidine rings is 2. The summed E-state index contributed by atoms with van der Waals surface area (Å²) in [5, 5.41) is 10.1. The number of nitrogens with zero attached hydrogens (tertiary/aromatic N) is 4. The van der Waals surface area contributed by atoms with Crippen LogP contribution in [0.2, 0.25) is 0 Å². The van der Waals surface area contributed by atoms with Gasteiger partial charge in [0, 0.05) is 30.7 Å². The zero-order valence-corrected chi connectivity index (χ0v) is 19.8. The highest BCUT2D eigenvalue weighted by atomic mass is 32.2. The van der Waals surface area contributed by atoms with Gasteiger partial charge in [0.1, 0.15) is 10.7 Å². The number of hydrogen-bond acceptors (Lipinski definition) is 6. The molecule has 0 aliphatic carbocycles. The van der Waals surface area contributed by atoms with Crippen molar-refractivity contribution in [3.63, 3.8) is 0 Å². The van der Waals surface area contributed by atoms with E-state index in [0.29, 0.717) is 28.2 Å². The first-order valence-corrected chi connectivity index (χ1v) is 13.3. The SMILES string of the molecule is N#Cc1ccc2ncc(S(=O)(=O)c3ccc(F)cc3)c(N3CCC(N4CCCCC4)CC3)c2c1. The molecule has 6 nitrogen and oxygen atoms in total. The van der Waals surface area contributed by atoms with Crippen molar-refractivity contribution >= 4 is 26.4 Å². The summed E-state index contributed by atoms with van der Waals surface area (Å²) in [6.45, 7) is 3.73. The molecule has 3 heterocycles. The van der Waals surface area contributed by atoms with Gasteiger partial charge < -0.3 is 9.80 Å². The maximum Gasteiger partial charge on any atom is 0.210 e. The summed E-state index contributed by atoms with van der Waals surface area (Å²) in [4.78, 5) is 9.24. The van der Waals surface area contributed by atoms with Crippen molar-refractivity contribution < 1.29 is 12.8 Å². The molecule has 0 radical (unpaired) electrons. The number of fused-ring (bicyclic) bond motifs is 1. The van der Waals surface area contributed by atoms with Crippen LogP contribution in [0, 0.1) is 17.1 Å². The van der Waals surface area contributed by atoms with Crippen molar-refractivity contribution in [2.75, 3.05) is 31.1 Å². The van der Waals surface area contributed by atoms with Crippen molar-refractivity contribution in [2.45, 2.75) is 47.9 Å². The van der Waals surface area contributed by atoms with E-state index in [1.54, 1.807) is 18.2 Å². The van der Waals surface area contributed by atoms with Crippen molar-refractivity contribution in [2.24, 2.45) is 0 Å². The monoisotopic (exact) mass is 478 g/mol. The maximum atomic E-state index is 13.7. The fourth-order valence-corrected chi connectivity index (χ4v) is 6.66. The number of rotatable bonds is 4. The minimum Gasteiger partial charge on any atom is -0.370 e. The molecule has 1 aromatic heterocycles. The van der Waals surface area contributed by atoms with Gasteiger partial charge in [-0.2, -0.15) is 5.26 Å². The van der Waals surface area contributed by atoms with Gasteiger partial charge in [-0.15, -0.1) is 0 Å². The molecule has 0 saturated carbocycles. The number of sulfone groups is 1. The van der Waals surface area contributed by atoms with Gasteiger partial charge in [0.05, 0.1) is 27.7 Å². The van der Waals surface area contributed by atoms with E-state index >= 15 is 0 Å². The Hall–Kier alpha value is -3.02. The van der Waals surface area contributed by atoms with E-state index in [2.05, 4.69) is 20.9 Å². The standard InChI is InChI=1S/C26H27FN4O2S/c27-20-5-7-22(8-6-20)34(32,33)25-18-29-24-9-4-19(17-28)16-23(24)26(25)31-14-10-21(11-15-31)30-12-2-1-3-13-30/h4-9,16,18,21H,1-3,10-15H2. The molecule has 34 heavy (non-hydrogen) atoms. The second kappa shape index (κ2) is 9.32. The van der Waals surface area contributed by atoms with E-state index in [9.17, 15) is 18.1 Å². The van der Waals surface area contributed by atoms with E-state index in [0.717, 1.165) is 51.2 Å². The third kappa shape index (κ3) is 4.26. The van der Waals surface area contributed by atoms with E-state index in [1.807, 2.05) is 0 Å². The number of benzene rings is 2. The van der Waals surface area contributed by atoms with Crippen LogP contribution in [-0.2, 0) is 9.84 Å². The molecular weight excluding hydrogens is 451 g/mol. The molecule has 176 valence electrons. The molecule has 5 rings (SSSR count). The lowest BCUT2D eigenvalue weighted by molar-refractivity contribution is 0.141. The Morgan fingerprint density at radius 2 is 1.68 bits per heavy atom. The Labute approximate surface area is 199 Å². The quantitative estimate of drug-likeness (QED) is 0.513. The summed E-state index contributed by atoms with van der Waals surface area (Å²) in [6, 6.07) is 12.7. The molecule has 8 heteroatoms. The molecule has 0 amide bonds. The molecular formula is C26H27FN4O2S. The van der Waals surface area contributed by atoms with Crippen LogP contribution in [0.15, 0.2) is 58.5 Å². The van der Waals surface area contributed by atoms with Gasteiger partial charge in [0.25, 0.3) is 0 Å². The summed E-state index contributed by atoms with van der Waals surface area (Å²) < 4.78 is 40.8. The Balaban J connectivity index is 1.57. The largest absolute Gasteiger partial charge is 0.370 e. The van der Waals surface area contributed by atoms with Crippen LogP contribution in [0.1, 0.15) is 37.7 Å². The van der Waals surface area contributed by atoms with Crippen molar-refractivity contribution in [1.29, 1.82) is 5.26 Å². The second-order valence-corrected chi connectivity index (χ2v) is 11.0.